The van der Waals surface area contributed by atoms with Crippen molar-refractivity contribution in [3.63, 3.8) is 0 Å². The maximum atomic E-state index is 13.1. The van der Waals surface area contributed by atoms with Crippen LogP contribution in [-0.4, -0.2) is 67.5 Å². The number of fused-ring (bicyclic) bond motifs is 1. The zero-order valence-corrected chi connectivity index (χ0v) is 34.1. The summed E-state index contributed by atoms with van der Waals surface area (Å²) in [4.78, 5) is 43.7. The molecule has 0 fully saturated rings. The number of nitrogens with zero attached hydrogens (tertiary/aromatic N) is 7. The van der Waals surface area contributed by atoms with Crippen LogP contribution in [-0.2, 0) is 17.9 Å². The standard InChI is InChI=1S/C23H21N5O4.C22H19N5O3/c1-14-20(21(27-32-14)15-6-4-3-5-7-15)22(29)25-17-9-8-16(26-23(17)30-2)18-12-24-19-13-31-11-10-28(18)19;1-13-19(20(27-30-13)14-6-4-3-5-7-14)21(28)25-18-9-8-17(26-22(18)29-2)15-12-24-11-10-16(15)23/h3-9,12H,10-11,13H2,1-2H3,(H,25,29);3-12H,1-2H3,(H2,23,24)(H,25,28). The Morgan fingerprint density at radius 3 is 1.81 bits per heavy atom. The highest BCUT2D eigenvalue weighted by Crippen LogP contribution is 2.33. The number of benzene rings is 2. The van der Waals surface area contributed by atoms with E-state index in [1.165, 1.54) is 14.2 Å². The van der Waals surface area contributed by atoms with Gasteiger partial charge in [-0.2, -0.15) is 0 Å². The first-order valence-corrected chi connectivity index (χ1v) is 19.3. The summed E-state index contributed by atoms with van der Waals surface area (Å²) >= 11 is 0. The van der Waals surface area contributed by atoms with E-state index in [-0.39, 0.29) is 17.7 Å². The Hall–Kier alpha value is -8.18. The quantitative estimate of drug-likeness (QED) is 0.121. The molecule has 17 nitrogen and oxygen atoms in total. The topological polar surface area (TPSA) is 220 Å². The van der Waals surface area contributed by atoms with Crippen LogP contribution in [0.4, 0.5) is 17.1 Å². The molecule has 6 aromatic heterocycles. The van der Waals surface area contributed by atoms with E-state index in [4.69, 9.17) is 29.0 Å². The normalized spacial score (nSPS) is 11.8. The van der Waals surface area contributed by atoms with Gasteiger partial charge >= 0.3 is 0 Å². The van der Waals surface area contributed by atoms with Crippen LogP contribution in [0.15, 0.2) is 119 Å². The number of anilines is 3. The fourth-order valence-corrected chi connectivity index (χ4v) is 6.83. The molecule has 9 rings (SSSR count). The van der Waals surface area contributed by atoms with Gasteiger partial charge in [0.15, 0.2) is 0 Å². The number of pyridine rings is 3. The number of carbonyl (C=O) groups excluding carboxylic acids is 2. The smallest absolute Gasteiger partial charge is 0.261 e. The molecule has 7 heterocycles. The van der Waals surface area contributed by atoms with Crippen molar-refractivity contribution in [2.45, 2.75) is 27.0 Å². The monoisotopic (exact) mass is 832 g/mol. The number of aromatic nitrogens is 7. The average molecular weight is 833 g/mol. The van der Waals surface area contributed by atoms with Gasteiger partial charge in [0, 0.05) is 41.3 Å². The number of amides is 2. The van der Waals surface area contributed by atoms with Crippen molar-refractivity contribution in [3.8, 4) is 56.9 Å². The van der Waals surface area contributed by atoms with Gasteiger partial charge in [0.25, 0.3) is 11.8 Å². The fourth-order valence-electron chi connectivity index (χ4n) is 6.83. The third-order valence-corrected chi connectivity index (χ3v) is 9.90. The van der Waals surface area contributed by atoms with Gasteiger partial charge in [-0.1, -0.05) is 71.0 Å². The Labute approximate surface area is 354 Å². The van der Waals surface area contributed by atoms with Gasteiger partial charge in [0.05, 0.1) is 44.1 Å². The molecule has 0 aliphatic carbocycles. The lowest BCUT2D eigenvalue weighted by molar-refractivity contribution is 0.0821. The Kier molecular flexibility index (Phi) is 11.8. The molecule has 0 bridgehead atoms. The minimum atomic E-state index is -0.374. The van der Waals surface area contributed by atoms with Crippen molar-refractivity contribution in [2.24, 2.45) is 0 Å². The summed E-state index contributed by atoms with van der Waals surface area (Å²) in [7, 11) is 3.00. The largest absolute Gasteiger partial charge is 0.479 e. The molecular weight excluding hydrogens is 793 g/mol. The fraction of sp³-hybridized carbons (Fsp3) is 0.156. The minimum absolute atomic E-state index is 0.250. The summed E-state index contributed by atoms with van der Waals surface area (Å²) in [6, 6.07) is 27.5. The zero-order chi connectivity index (χ0) is 43.2. The van der Waals surface area contributed by atoms with Crippen molar-refractivity contribution in [2.75, 3.05) is 37.2 Å². The first-order valence-electron chi connectivity index (χ1n) is 19.3. The van der Waals surface area contributed by atoms with E-state index in [1.54, 1.807) is 56.7 Å². The Morgan fingerprint density at radius 1 is 0.710 bits per heavy atom. The van der Waals surface area contributed by atoms with Crippen LogP contribution in [0.25, 0.3) is 45.2 Å². The molecule has 0 saturated carbocycles. The number of rotatable bonds is 10. The number of methoxy groups -OCH3 is 2. The van der Waals surface area contributed by atoms with Gasteiger partial charge < -0.3 is 44.2 Å². The molecular formula is C45H40N10O7. The molecule has 1 aliphatic rings. The molecule has 62 heavy (non-hydrogen) atoms. The summed E-state index contributed by atoms with van der Waals surface area (Å²) in [6.45, 7) is 5.22. The summed E-state index contributed by atoms with van der Waals surface area (Å²) < 4.78 is 29.0. The number of carbonyl (C=O) groups is 2. The van der Waals surface area contributed by atoms with Crippen LogP contribution in [0.3, 0.4) is 0 Å². The number of hydrogen-bond donors (Lipinski definition) is 3. The van der Waals surface area contributed by atoms with Crippen LogP contribution >= 0.6 is 0 Å². The van der Waals surface area contributed by atoms with Crippen LogP contribution < -0.4 is 25.8 Å². The number of nitrogens with one attached hydrogen (secondary N) is 2. The molecule has 0 radical (unpaired) electrons. The van der Waals surface area contributed by atoms with E-state index >= 15 is 0 Å². The molecule has 4 N–H and O–H groups in total. The van der Waals surface area contributed by atoms with Gasteiger partial charge in [0.2, 0.25) is 11.8 Å². The molecule has 17 heteroatoms. The second kappa shape index (κ2) is 18.0. The third kappa shape index (κ3) is 8.32. The lowest BCUT2D eigenvalue weighted by Crippen LogP contribution is -2.18. The lowest BCUT2D eigenvalue weighted by Gasteiger charge is -2.17. The highest BCUT2D eigenvalue weighted by Gasteiger charge is 2.25. The molecule has 2 amide bonds. The first kappa shape index (κ1) is 40.6. The molecule has 1 aliphatic heterocycles. The SMILES string of the molecule is COc1nc(-c2cnc3n2CCOC3)ccc1NC(=O)c1c(-c2ccccc2)noc1C.COc1nc(-c2cnccc2N)ccc1NC(=O)c1c(-c2ccccc2)noc1C. The highest BCUT2D eigenvalue weighted by atomic mass is 16.5. The number of ether oxygens (including phenoxy) is 3. The summed E-state index contributed by atoms with van der Waals surface area (Å²) in [5, 5.41) is 13.8. The first-order chi connectivity index (χ1) is 30.2. The van der Waals surface area contributed by atoms with Gasteiger partial charge in [-0.3, -0.25) is 14.6 Å². The molecule has 0 unspecified atom stereocenters. The average Bonchev–Trinajstić information content (AvgIpc) is 4.04. The van der Waals surface area contributed by atoms with Crippen molar-refractivity contribution in [1.29, 1.82) is 0 Å². The third-order valence-electron chi connectivity index (χ3n) is 9.90. The molecule has 2 aromatic carbocycles. The lowest BCUT2D eigenvalue weighted by atomic mass is 10.1. The predicted molar refractivity (Wildman–Crippen MR) is 229 cm³/mol. The molecule has 0 atom stereocenters. The van der Waals surface area contributed by atoms with Crippen LogP contribution in [0, 0.1) is 13.8 Å². The number of nitrogen functional groups attached to an aromatic ring is 1. The Morgan fingerprint density at radius 2 is 1.26 bits per heavy atom. The van der Waals surface area contributed by atoms with Gasteiger partial charge in [-0.05, 0) is 44.2 Å². The number of aryl methyl sites for hydroxylation is 2. The van der Waals surface area contributed by atoms with E-state index in [9.17, 15) is 9.59 Å². The van der Waals surface area contributed by atoms with Gasteiger partial charge in [-0.25, -0.2) is 15.0 Å². The second-order valence-electron chi connectivity index (χ2n) is 13.8. The van der Waals surface area contributed by atoms with E-state index in [0.717, 1.165) is 22.6 Å². The second-order valence-corrected chi connectivity index (χ2v) is 13.8. The number of hydrogen-bond acceptors (Lipinski definition) is 14. The molecule has 312 valence electrons. The maximum Gasteiger partial charge on any atom is 0.261 e. The van der Waals surface area contributed by atoms with E-state index in [1.807, 2.05) is 66.7 Å². The Balaban J connectivity index is 0.000000171. The predicted octanol–water partition coefficient (Wildman–Crippen LogP) is 7.65. The molecule has 0 spiro atoms. The van der Waals surface area contributed by atoms with E-state index in [2.05, 4.69) is 45.4 Å². The Bertz CT molecular complexity index is 2870. The van der Waals surface area contributed by atoms with Gasteiger partial charge in [-0.15, -0.1) is 0 Å². The summed E-state index contributed by atoms with van der Waals surface area (Å²) in [5.74, 6) is 1.53. The highest BCUT2D eigenvalue weighted by molar-refractivity contribution is 6.10. The van der Waals surface area contributed by atoms with Crippen molar-refractivity contribution < 1.29 is 32.8 Å². The maximum absolute atomic E-state index is 13.1. The molecule has 0 saturated heterocycles. The van der Waals surface area contributed by atoms with Crippen molar-refractivity contribution in [1.82, 2.24) is 34.8 Å². The van der Waals surface area contributed by atoms with Crippen molar-refractivity contribution in [3.05, 3.63) is 138 Å². The minimum Gasteiger partial charge on any atom is -0.479 e. The van der Waals surface area contributed by atoms with Crippen LogP contribution in [0.5, 0.6) is 11.8 Å². The molecule has 8 aromatic rings. The summed E-state index contributed by atoms with van der Waals surface area (Å²) in [5.41, 5.74) is 13.5. The number of nitrogens with two attached hydrogens (primary N) is 1. The summed E-state index contributed by atoms with van der Waals surface area (Å²) in [6.07, 6.45) is 5.01. The van der Waals surface area contributed by atoms with Crippen LogP contribution in [0.1, 0.15) is 38.1 Å². The zero-order valence-electron chi connectivity index (χ0n) is 34.1. The van der Waals surface area contributed by atoms with Crippen LogP contribution in [0.2, 0.25) is 0 Å². The number of imidazole rings is 1. The van der Waals surface area contributed by atoms with Gasteiger partial charge in [0.1, 0.15) is 57.8 Å². The van der Waals surface area contributed by atoms with Crippen molar-refractivity contribution >= 4 is 28.9 Å². The van der Waals surface area contributed by atoms with E-state index < -0.39 is 0 Å². The van der Waals surface area contributed by atoms with E-state index in [0.29, 0.717) is 93.7 Å².